The van der Waals surface area contributed by atoms with E-state index in [0.29, 0.717) is 12.1 Å². The second kappa shape index (κ2) is 6.38. The number of ether oxygens (including phenoxy) is 1. The molecule has 0 saturated carbocycles. The maximum Gasteiger partial charge on any atom is 0.152 e. The molecule has 19 heavy (non-hydrogen) atoms. The average molecular weight is 320 g/mol. The van der Waals surface area contributed by atoms with E-state index in [1.807, 2.05) is 36.4 Å². The van der Waals surface area contributed by atoms with Crippen LogP contribution in [0.2, 0.25) is 0 Å². The van der Waals surface area contributed by atoms with Gasteiger partial charge >= 0.3 is 0 Å². The van der Waals surface area contributed by atoms with E-state index in [-0.39, 0.29) is 0 Å². The summed E-state index contributed by atoms with van der Waals surface area (Å²) in [4.78, 5) is 11.0. The zero-order valence-electron chi connectivity index (χ0n) is 10.5. The smallest absolute Gasteiger partial charge is 0.152 e. The number of carbonyl (C=O) groups is 1. The van der Waals surface area contributed by atoms with Crippen LogP contribution >= 0.6 is 15.9 Å². The summed E-state index contributed by atoms with van der Waals surface area (Å²) in [6.45, 7) is 0.654. The molecule has 4 heteroatoms. The Balaban J connectivity index is 2.09. The van der Waals surface area contributed by atoms with Gasteiger partial charge in [0.05, 0.1) is 7.11 Å². The lowest BCUT2D eigenvalue weighted by Gasteiger charge is -2.10. The number of halogens is 1. The van der Waals surface area contributed by atoms with Crippen LogP contribution in [0.1, 0.15) is 15.9 Å². The first kappa shape index (κ1) is 13.6. The molecule has 0 aliphatic rings. The molecule has 1 N–H and O–H groups in total. The Hall–Kier alpha value is -1.81. The van der Waals surface area contributed by atoms with Gasteiger partial charge in [0.2, 0.25) is 0 Å². The fraction of sp³-hybridized carbons (Fsp3) is 0.133. The van der Waals surface area contributed by atoms with Crippen molar-refractivity contribution in [1.82, 2.24) is 0 Å². The highest BCUT2D eigenvalue weighted by Gasteiger charge is 2.02. The summed E-state index contributed by atoms with van der Waals surface area (Å²) in [5.74, 6) is 0.833. The van der Waals surface area contributed by atoms with Crippen LogP contribution in [-0.4, -0.2) is 13.4 Å². The third kappa shape index (κ3) is 3.58. The minimum absolute atomic E-state index is 0.650. The quantitative estimate of drug-likeness (QED) is 0.850. The first-order chi connectivity index (χ1) is 9.22. The van der Waals surface area contributed by atoms with Crippen LogP contribution < -0.4 is 10.1 Å². The Labute approximate surface area is 120 Å². The number of benzene rings is 2. The second-order valence-corrected chi connectivity index (χ2v) is 4.97. The van der Waals surface area contributed by atoms with Crippen molar-refractivity contribution in [2.45, 2.75) is 6.54 Å². The first-order valence-electron chi connectivity index (χ1n) is 5.84. The SMILES string of the molecule is COc1ccc(CNc2cc(Br)ccc2C=O)cc1. The number of aldehydes is 1. The molecule has 0 spiro atoms. The van der Waals surface area contributed by atoms with E-state index in [1.54, 1.807) is 13.2 Å². The number of hydrogen-bond donors (Lipinski definition) is 1. The lowest BCUT2D eigenvalue weighted by Crippen LogP contribution is -2.02. The van der Waals surface area contributed by atoms with Crippen LogP contribution in [0.4, 0.5) is 5.69 Å². The molecule has 0 radical (unpaired) electrons. The standard InChI is InChI=1S/C15H14BrNO2/c1-19-14-6-2-11(3-7-14)9-17-15-8-13(16)5-4-12(15)10-18/h2-8,10,17H,9H2,1H3. The Kier molecular flexibility index (Phi) is 4.58. The highest BCUT2D eigenvalue weighted by atomic mass is 79.9. The predicted molar refractivity (Wildman–Crippen MR) is 79.9 cm³/mol. The van der Waals surface area contributed by atoms with Gasteiger partial charge < -0.3 is 10.1 Å². The van der Waals surface area contributed by atoms with Crippen molar-refractivity contribution in [3.63, 3.8) is 0 Å². The summed E-state index contributed by atoms with van der Waals surface area (Å²) in [5.41, 5.74) is 2.59. The minimum atomic E-state index is 0.650. The zero-order chi connectivity index (χ0) is 13.7. The molecule has 2 rings (SSSR count). The summed E-state index contributed by atoms with van der Waals surface area (Å²) in [7, 11) is 1.64. The van der Waals surface area contributed by atoms with E-state index in [1.165, 1.54) is 0 Å². The van der Waals surface area contributed by atoms with Gasteiger partial charge in [-0.15, -0.1) is 0 Å². The highest BCUT2D eigenvalue weighted by Crippen LogP contribution is 2.21. The van der Waals surface area contributed by atoms with Crippen molar-refractivity contribution in [3.8, 4) is 5.75 Å². The van der Waals surface area contributed by atoms with Crippen molar-refractivity contribution in [3.05, 3.63) is 58.1 Å². The molecule has 0 fully saturated rings. The topological polar surface area (TPSA) is 38.3 Å². The number of nitrogens with one attached hydrogen (secondary N) is 1. The number of rotatable bonds is 5. The average Bonchev–Trinajstić information content (AvgIpc) is 2.46. The van der Waals surface area contributed by atoms with Gasteiger partial charge in [-0.05, 0) is 35.9 Å². The Morgan fingerprint density at radius 3 is 2.58 bits per heavy atom. The van der Waals surface area contributed by atoms with Gasteiger partial charge in [-0.25, -0.2) is 0 Å². The molecule has 2 aromatic carbocycles. The molecule has 0 aromatic heterocycles. The van der Waals surface area contributed by atoms with E-state index < -0.39 is 0 Å². The van der Waals surface area contributed by atoms with Gasteiger partial charge in [0.25, 0.3) is 0 Å². The Morgan fingerprint density at radius 1 is 1.21 bits per heavy atom. The Bertz CT molecular complexity index is 567. The highest BCUT2D eigenvalue weighted by molar-refractivity contribution is 9.10. The molecule has 0 unspecified atom stereocenters. The van der Waals surface area contributed by atoms with Gasteiger partial charge in [-0.1, -0.05) is 28.1 Å². The molecule has 0 bridgehead atoms. The fourth-order valence-corrected chi connectivity index (χ4v) is 2.09. The maximum atomic E-state index is 11.0. The number of methoxy groups -OCH3 is 1. The largest absolute Gasteiger partial charge is 0.497 e. The van der Waals surface area contributed by atoms with E-state index in [4.69, 9.17) is 4.74 Å². The summed E-state index contributed by atoms with van der Waals surface area (Å²) in [6, 6.07) is 13.3. The minimum Gasteiger partial charge on any atom is -0.497 e. The number of carbonyl (C=O) groups excluding carboxylic acids is 1. The van der Waals surface area contributed by atoms with Crippen molar-refractivity contribution < 1.29 is 9.53 Å². The molecule has 3 nitrogen and oxygen atoms in total. The molecule has 0 heterocycles. The van der Waals surface area contributed by atoms with Crippen LogP contribution in [0.15, 0.2) is 46.9 Å². The van der Waals surface area contributed by atoms with E-state index in [2.05, 4.69) is 21.2 Å². The first-order valence-corrected chi connectivity index (χ1v) is 6.64. The zero-order valence-corrected chi connectivity index (χ0v) is 12.1. The third-order valence-electron chi connectivity index (χ3n) is 2.78. The second-order valence-electron chi connectivity index (χ2n) is 4.05. The van der Waals surface area contributed by atoms with Gasteiger partial charge in [-0.2, -0.15) is 0 Å². The Morgan fingerprint density at radius 2 is 1.95 bits per heavy atom. The van der Waals surface area contributed by atoms with E-state index in [9.17, 15) is 4.79 Å². The molecule has 0 amide bonds. The summed E-state index contributed by atoms with van der Waals surface area (Å²) >= 11 is 3.40. The van der Waals surface area contributed by atoms with E-state index >= 15 is 0 Å². The van der Waals surface area contributed by atoms with Crippen LogP contribution in [-0.2, 0) is 6.54 Å². The van der Waals surface area contributed by atoms with Crippen molar-refractivity contribution in [2.75, 3.05) is 12.4 Å². The van der Waals surface area contributed by atoms with Crippen molar-refractivity contribution in [1.29, 1.82) is 0 Å². The van der Waals surface area contributed by atoms with Gasteiger partial charge in [-0.3, -0.25) is 4.79 Å². The van der Waals surface area contributed by atoms with Crippen LogP contribution in [0.5, 0.6) is 5.75 Å². The predicted octanol–water partition coefficient (Wildman–Crippen LogP) is 3.88. The normalized spacial score (nSPS) is 10.0. The summed E-state index contributed by atoms with van der Waals surface area (Å²) < 4.78 is 6.05. The molecule has 0 atom stereocenters. The van der Waals surface area contributed by atoms with E-state index in [0.717, 1.165) is 27.8 Å². The fourth-order valence-electron chi connectivity index (χ4n) is 1.73. The van der Waals surface area contributed by atoms with Gasteiger partial charge in [0, 0.05) is 22.3 Å². The monoisotopic (exact) mass is 319 g/mol. The molecular formula is C15H14BrNO2. The van der Waals surface area contributed by atoms with Crippen molar-refractivity contribution >= 4 is 27.9 Å². The molecular weight excluding hydrogens is 306 g/mol. The maximum absolute atomic E-state index is 11.0. The van der Waals surface area contributed by atoms with Gasteiger partial charge in [0.15, 0.2) is 6.29 Å². The van der Waals surface area contributed by atoms with Crippen LogP contribution in [0, 0.1) is 0 Å². The molecule has 2 aromatic rings. The van der Waals surface area contributed by atoms with Crippen molar-refractivity contribution in [2.24, 2.45) is 0 Å². The van der Waals surface area contributed by atoms with Crippen LogP contribution in [0.25, 0.3) is 0 Å². The van der Waals surface area contributed by atoms with Crippen LogP contribution in [0.3, 0.4) is 0 Å². The lowest BCUT2D eigenvalue weighted by molar-refractivity contribution is 0.112. The lowest BCUT2D eigenvalue weighted by atomic mass is 10.1. The number of hydrogen-bond acceptors (Lipinski definition) is 3. The summed E-state index contributed by atoms with van der Waals surface area (Å²) in [6.07, 6.45) is 0.850. The molecule has 98 valence electrons. The molecule has 0 aliphatic heterocycles. The third-order valence-corrected chi connectivity index (χ3v) is 3.28. The summed E-state index contributed by atoms with van der Waals surface area (Å²) in [5, 5.41) is 3.26. The molecule has 0 saturated heterocycles. The van der Waals surface area contributed by atoms with Gasteiger partial charge in [0.1, 0.15) is 5.75 Å². The molecule has 0 aliphatic carbocycles. The number of anilines is 1.